The molecule has 0 spiro atoms. The van der Waals surface area contributed by atoms with Crippen molar-refractivity contribution >= 4 is 33.4 Å². The maximum absolute atomic E-state index is 13.0. The van der Waals surface area contributed by atoms with Crippen LogP contribution in [0.3, 0.4) is 0 Å². The van der Waals surface area contributed by atoms with Crippen LogP contribution in [0, 0.1) is 17.5 Å². The first-order valence-corrected chi connectivity index (χ1v) is 5.46. The van der Waals surface area contributed by atoms with Crippen molar-refractivity contribution in [3.8, 4) is 0 Å². The van der Waals surface area contributed by atoms with Crippen LogP contribution >= 0.6 is 15.9 Å². The van der Waals surface area contributed by atoms with E-state index in [4.69, 9.17) is 5.73 Å². The first-order valence-electron chi connectivity index (χ1n) is 4.67. The van der Waals surface area contributed by atoms with E-state index in [1.807, 2.05) is 0 Å². The second-order valence-electron chi connectivity index (χ2n) is 3.32. The minimum absolute atomic E-state index is 0.0242. The molecule has 0 amide bonds. The summed E-state index contributed by atoms with van der Waals surface area (Å²) in [6, 6.07) is 3.04. The number of halogens is 4. The smallest absolute Gasteiger partial charge is 0.230 e. The summed E-state index contributed by atoms with van der Waals surface area (Å²) in [6.45, 7) is 0. The maximum atomic E-state index is 13.0. The third kappa shape index (κ3) is 2.70. The molecule has 0 aliphatic rings. The van der Waals surface area contributed by atoms with E-state index >= 15 is 0 Å². The summed E-state index contributed by atoms with van der Waals surface area (Å²) < 4.78 is 39.1. The molecule has 8 heteroatoms. The number of nitrogen functional groups attached to an aromatic ring is 1. The van der Waals surface area contributed by atoms with Gasteiger partial charge in [-0.15, -0.1) is 0 Å². The van der Waals surface area contributed by atoms with Crippen LogP contribution in [0.1, 0.15) is 0 Å². The molecule has 0 saturated heterocycles. The van der Waals surface area contributed by atoms with Gasteiger partial charge < -0.3 is 11.1 Å². The number of hydrogen-bond acceptors (Lipinski definition) is 4. The lowest BCUT2D eigenvalue weighted by Gasteiger charge is -2.06. The van der Waals surface area contributed by atoms with Gasteiger partial charge in [0.25, 0.3) is 0 Å². The topological polar surface area (TPSA) is 63.8 Å². The largest absolute Gasteiger partial charge is 0.383 e. The SMILES string of the molecule is Nc1cc(Br)nc(Nc2cc(F)c(F)c(F)c2)n1. The lowest BCUT2D eigenvalue weighted by Crippen LogP contribution is -2.02. The molecular weight excluding hydrogens is 313 g/mol. The molecule has 0 aliphatic heterocycles. The molecule has 94 valence electrons. The van der Waals surface area contributed by atoms with Crippen molar-refractivity contribution in [2.75, 3.05) is 11.1 Å². The molecule has 18 heavy (non-hydrogen) atoms. The van der Waals surface area contributed by atoms with Gasteiger partial charge in [0.15, 0.2) is 17.5 Å². The Balaban J connectivity index is 2.34. The number of aromatic nitrogens is 2. The molecule has 3 N–H and O–H groups in total. The predicted molar refractivity (Wildman–Crippen MR) is 63.7 cm³/mol. The van der Waals surface area contributed by atoms with Crippen LogP contribution in [0.2, 0.25) is 0 Å². The van der Waals surface area contributed by atoms with Gasteiger partial charge in [-0.2, -0.15) is 4.98 Å². The fraction of sp³-hybridized carbons (Fsp3) is 0. The lowest BCUT2D eigenvalue weighted by molar-refractivity contribution is 0.448. The molecule has 0 radical (unpaired) electrons. The Kier molecular flexibility index (Phi) is 3.37. The van der Waals surface area contributed by atoms with Crippen LogP contribution < -0.4 is 11.1 Å². The van der Waals surface area contributed by atoms with Crippen LogP contribution in [0.25, 0.3) is 0 Å². The van der Waals surface area contributed by atoms with Crippen molar-refractivity contribution < 1.29 is 13.2 Å². The fourth-order valence-corrected chi connectivity index (χ4v) is 1.65. The number of nitrogens with zero attached hydrogens (tertiary/aromatic N) is 2. The second-order valence-corrected chi connectivity index (χ2v) is 4.13. The summed E-state index contributed by atoms with van der Waals surface area (Å²) in [4.78, 5) is 7.68. The fourth-order valence-electron chi connectivity index (χ4n) is 1.25. The van der Waals surface area contributed by atoms with Crippen molar-refractivity contribution in [1.82, 2.24) is 9.97 Å². The number of nitrogens with one attached hydrogen (secondary N) is 1. The monoisotopic (exact) mass is 318 g/mol. The number of anilines is 3. The van der Waals surface area contributed by atoms with Gasteiger partial charge in [0.2, 0.25) is 5.95 Å². The summed E-state index contributed by atoms with van der Waals surface area (Å²) in [5.41, 5.74) is 5.44. The van der Waals surface area contributed by atoms with Gasteiger partial charge in [0.05, 0.1) is 0 Å². The summed E-state index contributed by atoms with van der Waals surface area (Å²) >= 11 is 3.09. The molecule has 1 heterocycles. The van der Waals surface area contributed by atoms with Crippen LogP contribution in [0.5, 0.6) is 0 Å². The normalized spacial score (nSPS) is 10.4. The molecule has 0 atom stereocenters. The van der Waals surface area contributed by atoms with Crippen molar-refractivity contribution in [3.63, 3.8) is 0 Å². The molecule has 2 aromatic rings. The van der Waals surface area contributed by atoms with Crippen molar-refractivity contribution in [2.45, 2.75) is 0 Å². The summed E-state index contributed by atoms with van der Waals surface area (Å²) in [5.74, 6) is -3.94. The quantitative estimate of drug-likeness (QED) is 0.660. The highest BCUT2D eigenvalue weighted by molar-refractivity contribution is 9.10. The highest BCUT2D eigenvalue weighted by atomic mass is 79.9. The van der Waals surface area contributed by atoms with Gasteiger partial charge in [-0.1, -0.05) is 0 Å². The summed E-state index contributed by atoms with van der Waals surface area (Å²) in [6.07, 6.45) is 0. The first-order chi connectivity index (χ1) is 8.45. The van der Waals surface area contributed by atoms with Crippen molar-refractivity contribution in [2.24, 2.45) is 0 Å². The van der Waals surface area contributed by atoms with Crippen LogP contribution in [-0.2, 0) is 0 Å². The highest BCUT2D eigenvalue weighted by Gasteiger charge is 2.11. The van der Waals surface area contributed by atoms with E-state index in [-0.39, 0.29) is 17.5 Å². The van der Waals surface area contributed by atoms with E-state index in [1.54, 1.807) is 0 Å². The Bertz CT molecular complexity index is 562. The third-order valence-electron chi connectivity index (χ3n) is 1.95. The summed E-state index contributed by atoms with van der Waals surface area (Å²) in [5, 5.41) is 2.52. The molecule has 0 fully saturated rings. The zero-order valence-electron chi connectivity index (χ0n) is 8.72. The molecule has 0 bridgehead atoms. The third-order valence-corrected chi connectivity index (χ3v) is 2.36. The molecule has 2 rings (SSSR count). The first kappa shape index (κ1) is 12.6. The minimum Gasteiger partial charge on any atom is -0.383 e. The minimum atomic E-state index is -1.53. The van der Waals surface area contributed by atoms with E-state index in [1.165, 1.54) is 6.07 Å². The average Bonchev–Trinajstić information content (AvgIpc) is 2.24. The molecule has 0 unspecified atom stereocenters. The van der Waals surface area contributed by atoms with Crippen LogP contribution in [0.4, 0.5) is 30.6 Å². The van der Waals surface area contributed by atoms with Gasteiger partial charge in [0, 0.05) is 23.9 Å². The number of nitrogens with two attached hydrogens (primary N) is 1. The summed E-state index contributed by atoms with van der Waals surface area (Å²) in [7, 11) is 0. The van der Waals surface area contributed by atoms with Crippen molar-refractivity contribution in [3.05, 3.63) is 40.3 Å². The van der Waals surface area contributed by atoms with Gasteiger partial charge in [-0.3, -0.25) is 0 Å². The maximum Gasteiger partial charge on any atom is 0.230 e. The zero-order chi connectivity index (χ0) is 13.3. The van der Waals surface area contributed by atoms with Crippen LogP contribution in [-0.4, -0.2) is 9.97 Å². The van der Waals surface area contributed by atoms with Crippen molar-refractivity contribution in [1.29, 1.82) is 0 Å². The molecule has 1 aromatic heterocycles. The van der Waals surface area contributed by atoms with Gasteiger partial charge in [0.1, 0.15) is 10.4 Å². The van der Waals surface area contributed by atoms with E-state index < -0.39 is 17.5 Å². The number of hydrogen-bond donors (Lipinski definition) is 2. The van der Waals surface area contributed by atoms with Gasteiger partial charge >= 0.3 is 0 Å². The Morgan fingerprint density at radius 1 is 1.06 bits per heavy atom. The molecule has 4 nitrogen and oxygen atoms in total. The van der Waals surface area contributed by atoms with Gasteiger partial charge in [-0.25, -0.2) is 18.2 Å². The Labute approximate surface area is 108 Å². The lowest BCUT2D eigenvalue weighted by atomic mass is 10.3. The standard InChI is InChI=1S/C10H6BrF3N4/c11-7-3-8(15)18-10(17-7)16-4-1-5(12)9(14)6(13)2-4/h1-3H,(H3,15,16,17,18). The molecular formula is C10H6BrF3N4. The van der Waals surface area contributed by atoms with Gasteiger partial charge in [-0.05, 0) is 15.9 Å². The van der Waals surface area contributed by atoms with Crippen LogP contribution in [0.15, 0.2) is 22.8 Å². The van der Waals surface area contributed by atoms with E-state index in [9.17, 15) is 13.2 Å². The zero-order valence-corrected chi connectivity index (χ0v) is 10.3. The molecule has 0 aliphatic carbocycles. The predicted octanol–water partition coefficient (Wildman–Crippen LogP) is 2.98. The average molecular weight is 319 g/mol. The van der Waals surface area contributed by atoms with E-state index in [0.717, 1.165) is 12.1 Å². The Morgan fingerprint density at radius 2 is 1.67 bits per heavy atom. The van der Waals surface area contributed by atoms with E-state index in [2.05, 4.69) is 31.2 Å². The number of benzene rings is 1. The molecule has 1 aromatic carbocycles. The Morgan fingerprint density at radius 3 is 2.22 bits per heavy atom. The Hall–Kier alpha value is -1.83. The molecule has 0 saturated carbocycles. The second kappa shape index (κ2) is 4.81. The number of rotatable bonds is 2. The van der Waals surface area contributed by atoms with E-state index in [0.29, 0.717) is 4.60 Å². The highest BCUT2D eigenvalue weighted by Crippen LogP contribution is 2.21.